The van der Waals surface area contributed by atoms with E-state index in [1.54, 1.807) is 0 Å². The van der Waals surface area contributed by atoms with E-state index in [1.807, 2.05) is 0 Å². The highest BCUT2D eigenvalue weighted by Gasteiger charge is 2.29. The van der Waals surface area contributed by atoms with Gasteiger partial charge in [0.1, 0.15) is 0 Å². The Kier molecular flexibility index (Phi) is 7.92. The highest BCUT2D eigenvalue weighted by atomic mass is 15.1. The van der Waals surface area contributed by atoms with Crippen molar-refractivity contribution in [2.75, 3.05) is 26.7 Å². The maximum absolute atomic E-state index is 3.56. The van der Waals surface area contributed by atoms with Gasteiger partial charge in [0.15, 0.2) is 0 Å². The fourth-order valence-electron chi connectivity index (χ4n) is 3.64. The maximum Gasteiger partial charge on any atom is 0.0105 e. The first-order chi connectivity index (χ1) is 8.74. The molecule has 3 atom stereocenters. The van der Waals surface area contributed by atoms with E-state index in [2.05, 4.69) is 38.0 Å². The van der Waals surface area contributed by atoms with Crippen molar-refractivity contribution < 1.29 is 0 Å². The minimum absolute atomic E-state index is 0.754. The van der Waals surface area contributed by atoms with Crippen LogP contribution in [0.3, 0.4) is 0 Å². The molecule has 0 aromatic rings. The summed E-state index contributed by atoms with van der Waals surface area (Å²) in [6.45, 7) is 10.7. The van der Waals surface area contributed by atoms with E-state index in [9.17, 15) is 0 Å². The zero-order valence-electron chi connectivity index (χ0n) is 13.0. The highest BCUT2D eigenvalue weighted by molar-refractivity contribution is 4.85. The summed E-state index contributed by atoms with van der Waals surface area (Å²) in [4.78, 5) is 2.64. The van der Waals surface area contributed by atoms with Crippen molar-refractivity contribution in [3.8, 4) is 0 Å². The summed E-state index contributed by atoms with van der Waals surface area (Å²) < 4.78 is 0. The minimum Gasteiger partial charge on any atom is -0.317 e. The van der Waals surface area contributed by atoms with Crippen molar-refractivity contribution in [3.05, 3.63) is 0 Å². The van der Waals surface area contributed by atoms with E-state index in [4.69, 9.17) is 0 Å². The Labute approximate surface area is 115 Å². The van der Waals surface area contributed by atoms with E-state index >= 15 is 0 Å². The Bertz CT molecular complexity index is 205. The van der Waals surface area contributed by atoms with Gasteiger partial charge in [-0.2, -0.15) is 0 Å². The molecule has 1 fully saturated rings. The minimum atomic E-state index is 0.754. The second-order valence-corrected chi connectivity index (χ2v) is 6.02. The molecular formula is C16H34N2. The molecule has 3 unspecified atom stereocenters. The van der Waals surface area contributed by atoms with E-state index in [1.165, 1.54) is 58.2 Å². The zero-order valence-corrected chi connectivity index (χ0v) is 13.0. The van der Waals surface area contributed by atoms with Gasteiger partial charge in [-0.15, -0.1) is 0 Å². The van der Waals surface area contributed by atoms with Crippen LogP contribution in [0.1, 0.15) is 59.3 Å². The molecule has 18 heavy (non-hydrogen) atoms. The molecular weight excluding hydrogens is 220 g/mol. The molecule has 1 saturated carbocycles. The van der Waals surface area contributed by atoms with E-state index in [-0.39, 0.29) is 0 Å². The molecule has 0 aromatic heterocycles. The van der Waals surface area contributed by atoms with Crippen LogP contribution in [0.4, 0.5) is 0 Å². The Hall–Kier alpha value is -0.0800. The molecule has 108 valence electrons. The summed E-state index contributed by atoms with van der Waals surface area (Å²) >= 11 is 0. The molecule has 0 aromatic carbocycles. The second-order valence-electron chi connectivity index (χ2n) is 6.02. The van der Waals surface area contributed by atoms with Gasteiger partial charge in [0.25, 0.3) is 0 Å². The number of rotatable bonds is 8. The van der Waals surface area contributed by atoms with Gasteiger partial charge in [0.05, 0.1) is 0 Å². The summed E-state index contributed by atoms with van der Waals surface area (Å²) in [6.07, 6.45) is 8.34. The average Bonchev–Trinajstić information content (AvgIpc) is 2.39. The molecule has 0 heterocycles. The summed E-state index contributed by atoms with van der Waals surface area (Å²) in [5, 5.41) is 3.56. The van der Waals surface area contributed by atoms with Crippen LogP contribution in [0.2, 0.25) is 0 Å². The lowest BCUT2D eigenvalue weighted by Crippen LogP contribution is -2.44. The number of hydrogen-bond donors (Lipinski definition) is 1. The van der Waals surface area contributed by atoms with Gasteiger partial charge in [-0.3, -0.25) is 0 Å². The molecule has 1 aliphatic carbocycles. The van der Waals surface area contributed by atoms with Gasteiger partial charge < -0.3 is 10.2 Å². The van der Waals surface area contributed by atoms with Crippen molar-refractivity contribution in [3.63, 3.8) is 0 Å². The Morgan fingerprint density at radius 1 is 1.11 bits per heavy atom. The number of nitrogens with zero attached hydrogens (tertiary/aromatic N) is 1. The van der Waals surface area contributed by atoms with Crippen LogP contribution in [0.5, 0.6) is 0 Å². The van der Waals surface area contributed by atoms with Crippen LogP contribution < -0.4 is 5.32 Å². The largest absolute Gasteiger partial charge is 0.317 e. The predicted molar refractivity (Wildman–Crippen MR) is 81.0 cm³/mol. The van der Waals surface area contributed by atoms with Crippen molar-refractivity contribution in [2.45, 2.75) is 65.3 Å². The van der Waals surface area contributed by atoms with Crippen LogP contribution in [-0.4, -0.2) is 37.6 Å². The second kappa shape index (κ2) is 8.92. The number of nitrogens with one attached hydrogen (secondary N) is 1. The van der Waals surface area contributed by atoms with Crippen molar-refractivity contribution in [1.82, 2.24) is 10.2 Å². The molecule has 0 radical (unpaired) electrons. The first-order valence-corrected chi connectivity index (χ1v) is 8.14. The predicted octanol–water partition coefficient (Wildman–Crippen LogP) is 3.52. The molecule has 0 bridgehead atoms. The van der Waals surface area contributed by atoms with Crippen molar-refractivity contribution in [1.29, 1.82) is 0 Å². The van der Waals surface area contributed by atoms with Gasteiger partial charge in [0, 0.05) is 12.6 Å². The first-order valence-electron chi connectivity index (χ1n) is 8.14. The standard InChI is InChI=1S/C16H34N2/c1-5-8-14-9-10-16(17-4)15(12-14)13-18(7-3)11-6-2/h14-17H,5-13H2,1-4H3. The molecule has 0 saturated heterocycles. The Balaban J connectivity index is 2.50. The summed E-state index contributed by atoms with van der Waals surface area (Å²) in [5.41, 5.74) is 0. The average molecular weight is 254 g/mol. The molecule has 0 amide bonds. The van der Waals surface area contributed by atoms with Gasteiger partial charge >= 0.3 is 0 Å². The fourth-order valence-corrected chi connectivity index (χ4v) is 3.64. The van der Waals surface area contributed by atoms with Crippen LogP contribution in [0, 0.1) is 11.8 Å². The molecule has 0 spiro atoms. The lowest BCUT2D eigenvalue weighted by Gasteiger charge is -2.38. The lowest BCUT2D eigenvalue weighted by molar-refractivity contribution is 0.142. The summed E-state index contributed by atoms with van der Waals surface area (Å²) in [7, 11) is 2.15. The normalized spacial score (nSPS) is 28.8. The van der Waals surface area contributed by atoms with Crippen molar-refractivity contribution >= 4 is 0 Å². The fraction of sp³-hybridized carbons (Fsp3) is 1.00. The summed E-state index contributed by atoms with van der Waals surface area (Å²) in [5.74, 6) is 1.86. The first kappa shape index (κ1) is 16.0. The maximum atomic E-state index is 3.56. The molecule has 2 heteroatoms. The topological polar surface area (TPSA) is 15.3 Å². The molecule has 0 aliphatic heterocycles. The van der Waals surface area contributed by atoms with Gasteiger partial charge in [-0.25, -0.2) is 0 Å². The van der Waals surface area contributed by atoms with E-state index in [0.29, 0.717) is 0 Å². The third-order valence-electron chi connectivity index (χ3n) is 4.64. The zero-order chi connectivity index (χ0) is 13.4. The highest BCUT2D eigenvalue weighted by Crippen LogP contribution is 2.32. The van der Waals surface area contributed by atoms with Crippen LogP contribution in [0.15, 0.2) is 0 Å². The molecule has 1 aliphatic rings. The monoisotopic (exact) mass is 254 g/mol. The van der Waals surface area contributed by atoms with Gasteiger partial charge in [0.2, 0.25) is 0 Å². The third-order valence-corrected chi connectivity index (χ3v) is 4.64. The summed E-state index contributed by atoms with van der Waals surface area (Å²) in [6, 6.07) is 0.754. The van der Waals surface area contributed by atoms with Gasteiger partial charge in [-0.05, 0) is 57.7 Å². The Morgan fingerprint density at radius 2 is 1.89 bits per heavy atom. The van der Waals surface area contributed by atoms with Crippen LogP contribution in [0.25, 0.3) is 0 Å². The molecule has 2 nitrogen and oxygen atoms in total. The number of hydrogen-bond acceptors (Lipinski definition) is 2. The van der Waals surface area contributed by atoms with Crippen LogP contribution >= 0.6 is 0 Å². The smallest absolute Gasteiger partial charge is 0.0105 e. The molecule has 1 rings (SSSR count). The lowest BCUT2D eigenvalue weighted by atomic mass is 9.76. The van der Waals surface area contributed by atoms with Gasteiger partial charge in [-0.1, -0.05) is 33.6 Å². The van der Waals surface area contributed by atoms with E-state index < -0.39 is 0 Å². The Morgan fingerprint density at radius 3 is 2.44 bits per heavy atom. The SMILES string of the molecule is CCCC1CCC(NC)C(CN(CC)CCC)C1. The van der Waals surface area contributed by atoms with Crippen molar-refractivity contribution in [2.24, 2.45) is 11.8 Å². The quantitative estimate of drug-likeness (QED) is 0.713. The third kappa shape index (κ3) is 4.89. The van der Waals surface area contributed by atoms with Crippen LogP contribution in [-0.2, 0) is 0 Å². The molecule has 1 N–H and O–H groups in total. The van der Waals surface area contributed by atoms with E-state index in [0.717, 1.165) is 17.9 Å².